The van der Waals surface area contributed by atoms with Crippen LogP contribution >= 0.6 is 11.3 Å². The predicted octanol–water partition coefficient (Wildman–Crippen LogP) is 7.71. The van der Waals surface area contributed by atoms with Crippen molar-refractivity contribution in [3.05, 3.63) is 90.5 Å². The molecule has 0 radical (unpaired) electrons. The van der Waals surface area contributed by atoms with Gasteiger partial charge in [-0.05, 0) is 42.3 Å². The summed E-state index contributed by atoms with van der Waals surface area (Å²) in [6, 6.07) is 31.1. The third-order valence-corrected chi connectivity index (χ3v) is 6.99. The van der Waals surface area contributed by atoms with Crippen LogP contribution in [0.1, 0.15) is 12.5 Å². The maximum absolute atomic E-state index is 2.41. The number of para-hydroxylation sites is 1. The number of benzene rings is 4. The van der Waals surface area contributed by atoms with Crippen LogP contribution in [-0.4, -0.2) is 4.57 Å². The molecule has 1 nitrogen and oxygen atoms in total. The molecule has 28 heavy (non-hydrogen) atoms. The van der Waals surface area contributed by atoms with E-state index >= 15 is 0 Å². The van der Waals surface area contributed by atoms with Gasteiger partial charge in [0.25, 0.3) is 0 Å². The average Bonchev–Trinajstić information content (AvgIpc) is 3.29. The quantitative estimate of drug-likeness (QED) is 0.291. The highest BCUT2D eigenvalue weighted by Crippen LogP contribution is 2.43. The van der Waals surface area contributed by atoms with Crippen molar-refractivity contribution in [1.82, 2.24) is 4.57 Å². The highest BCUT2D eigenvalue weighted by atomic mass is 32.1. The molecule has 0 spiro atoms. The van der Waals surface area contributed by atoms with Gasteiger partial charge in [-0.3, -0.25) is 0 Å². The fourth-order valence-electron chi connectivity index (χ4n) is 4.39. The van der Waals surface area contributed by atoms with Gasteiger partial charge < -0.3 is 4.57 Å². The van der Waals surface area contributed by atoms with Gasteiger partial charge in [0.2, 0.25) is 0 Å². The molecule has 0 aliphatic rings. The van der Waals surface area contributed by atoms with Crippen LogP contribution in [0.5, 0.6) is 0 Å². The van der Waals surface area contributed by atoms with Gasteiger partial charge in [-0.1, -0.05) is 61.5 Å². The van der Waals surface area contributed by atoms with Gasteiger partial charge >= 0.3 is 0 Å². The molecule has 6 aromatic rings. The Morgan fingerprint density at radius 3 is 2.25 bits per heavy atom. The summed E-state index contributed by atoms with van der Waals surface area (Å²) in [6.07, 6.45) is 1.07. The van der Waals surface area contributed by atoms with Crippen LogP contribution in [-0.2, 0) is 6.42 Å². The van der Waals surface area contributed by atoms with Gasteiger partial charge in [0.05, 0.1) is 11.0 Å². The van der Waals surface area contributed by atoms with Gasteiger partial charge in [-0.25, -0.2) is 0 Å². The molecular formula is C26H19NS. The van der Waals surface area contributed by atoms with E-state index in [0.717, 1.165) is 6.42 Å². The van der Waals surface area contributed by atoms with Crippen LogP contribution in [0.15, 0.2) is 84.9 Å². The fraction of sp³-hybridized carbons (Fsp3) is 0.0769. The second kappa shape index (κ2) is 5.95. The first-order valence-corrected chi connectivity index (χ1v) is 10.6. The van der Waals surface area contributed by atoms with E-state index in [-0.39, 0.29) is 0 Å². The molecule has 0 saturated heterocycles. The summed E-state index contributed by atoms with van der Waals surface area (Å²) < 4.78 is 5.15. The molecular weight excluding hydrogens is 358 g/mol. The number of thiophene rings is 1. The minimum Gasteiger partial charge on any atom is -0.309 e. The van der Waals surface area contributed by atoms with Crippen molar-refractivity contribution < 1.29 is 0 Å². The Hall–Kier alpha value is -3.10. The van der Waals surface area contributed by atoms with Crippen LogP contribution in [0.25, 0.3) is 47.7 Å². The second-order valence-electron chi connectivity index (χ2n) is 7.31. The Kier molecular flexibility index (Phi) is 3.38. The average molecular weight is 378 g/mol. The van der Waals surface area contributed by atoms with Crippen LogP contribution in [0.3, 0.4) is 0 Å². The van der Waals surface area contributed by atoms with E-state index < -0.39 is 0 Å². The van der Waals surface area contributed by atoms with Gasteiger partial charge in [-0.15, -0.1) is 11.3 Å². The SMILES string of the molecule is CCc1ccc(-n2c3ccccc3c3c4sc5ccccc5c4ccc32)cc1. The Morgan fingerprint density at radius 1 is 0.679 bits per heavy atom. The number of aromatic nitrogens is 1. The molecule has 2 heteroatoms. The fourth-order valence-corrected chi connectivity index (χ4v) is 5.65. The Bertz CT molecular complexity index is 1480. The van der Waals surface area contributed by atoms with Crippen LogP contribution in [0, 0.1) is 0 Å². The van der Waals surface area contributed by atoms with E-state index in [2.05, 4.69) is 96.4 Å². The zero-order valence-electron chi connectivity index (χ0n) is 15.6. The summed E-state index contributed by atoms with van der Waals surface area (Å²) in [6.45, 7) is 2.20. The number of hydrogen-bond donors (Lipinski definition) is 0. The summed E-state index contributed by atoms with van der Waals surface area (Å²) in [4.78, 5) is 0. The highest BCUT2D eigenvalue weighted by Gasteiger charge is 2.16. The second-order valence-corrected chi connectivity index (χ2v) is 8.36. The molecule has 0 unspecified atom stereocenters. The molecule has 0 amide bonds. The molecule has 2 heterocycles. The lowest BCUT2D eigenvalue weighted by Crippen LogP contribution is -1.94. The number of hydrogen-bond acceptors (Lipinski definition) is 1. The van der Waals surface area contributed by atoms with Crippen molar-refractivity contribution in [2.45, 2.75) is 13.3 Å². The minimum atomic E-state index is 1.07. The van der Waals surface area contributed by atoms with E-state index in [1.54, 1.807) is 0 Å². The molecule has 0 saturated carbocycles. The molecule has 134 valence electrons. The van der Waals surface area contributed by atoms with Crippen molar-refractivity contribution in [2.75, 3.05) is 0 Å². The van der Waals surface area contributed by atoms with E-state index in [0.29, 0.717) is 0 Å². The van der Waals surface area contributed by atoms with Crippen molar-refractivity contribution in [3.63, 3.8) is 0 Å². The van der Waals surface area contributed by atoms with Crippen molar-refractivity contribution in [3.8, 4) is 5.69 Å². The maximum atomic E-state index is 2.41. The molecule has 0 N–H and O–H groups in total. The largest absolute Gasteiger partial charge is 0.309 e. The number of nitrogens with zero attached hydrogens (tertiary/aromatic N) is 1. The first kappa shape index (κ1) is 15.9. The van der Waals surface area contributed by atoms with Crippen molar-refractivity contribution in [1.29, 1.82) is 0 Å². The molecule has 0 bridgehead atoms. The molecule has 0 fully saturated rings. The Morgan fingerprint density at radius 2 is 1.43 bits per heavy atom. The standard InChI is InChI=1S/C26H19NS/c1-2-17-11-13-18(14-12-17)27-22-9-5-3-8-21(22)25-23(27)16-15-20-19-7-4-6-10-24(19)28-26(20)25/h3-16H,2H2,1H3. The van der Waals surface area contributed by atoms with E-state index in [4.69, 9.17) is 0 Å². The first-order chi connectivity index (χ1) is 13.8. The molecule has 0 atom stereocenters. The molecule has 0 aliphatic heterocycles. The molecule has 2 aromatic heterocycles. The third-order valence-electron chi connectivity index (χ3n) is 5.78. The van der Waals surface area contributed by atoms with E-state index in [9.17, 15) is 0 Å². The summed E-state index contributed by atoms with van der Waals surface area (Å²) in [5.74, 6) is 0. The zero-order valence-corrected chi connectivity index (χ0v) is 16.5. The van der Waals surface area contributed by atoms with Gasteiger partial charge in [0.1, 0.15) is 0 Å². The molecule has 6 rings (SSSR count). The summed E-state index contributed by atoms with van der Waals surface area (Å²) in [5, 5.41) is 5.41. The van der Waals surface area contributed by atoms with Gasteiger partial charge in [-0.2, -0.15) is 0 Å². The smallest absolute Gasteiger partial charge is 0.0555 e. The lowest BCUT2D eigenvalue weighted by Gasteiger charge is -2.08. The summed E-state index contributed by atoms with van der Waals surface area (Å²) in [5.41, 5.74) is 5.15. The van der Waals surface area contributed by atoms with E-state index in [1.165, 1.54) is 53.2 Å². The number of rotatable bonds is 2. The summed E-state index contributed by atoms with van der Waals surface area (Å²) in [7, 11) is 0. The first-order valence-electron chi connectivity index (χ1n) is 9.78. The van der Waals surface area contributed by atoms with Crippen molar-refractivity contribution in [2.24, 2.45) is 0 Å². The van der Waals surface area contributed by atoms with Crippen LogP contribution in [0.4, 0.5) is 0 Å². The number of aryl methyl sites for hydroxylation is 1. The van der Waals surface area contributed by atoms with Crippen molar-refractivity contribution >= 4 is 53.3 Å². The van der Waals surface area contributed by atoms with Gasteiger partial charge in [0.15, 0.2) is 0 Å². The molecule has 0 aliphatic carbocycles. The maximum Gasteiger partial charge on any atom is 0.0555 e. The lowest BCUT2D eigenvalue weighted by molar-refractivity contribution is 1.12. The Labute approximate surface area is 167 Å². The normalized spacial score (nSPS) is 11.9. The number of fused-ring (bicyclic) bond motifs is 7. The topological polar surface area (TPSA) is 4.93 Å². The monoisotopic (exact) mass is 377 g/mol. The highest BCUT2D eigenvalue weighted by molar-refractivity contribution is 7.26. The summed E-state index contributed by atoms with van der Waals surface area (Å²) >= 11 is 1.91. The Balaban J connectivity index is 1.79. The minimum absolute atomic E-state index is 1.07. The van der Waals surface area contributed by atoms with Crippen LogP contribution in [0.2, 0.25) is 0 Å². The van der Waals surface area contributed by atoms with Crippen LogP contribution < -0.4 is 0 Å². The zero-order chi connectivity index (χ0) is 18.7. The lowest BCUT2D eigenvalue weighted by atomic mass is 10.1. The third kappa shape index (κ3) is 2.12. The molecule has 4 aromatic carbocycles. The van der Waals surface area contributed by atoms with E-state index in [1.807, 2.05) is 11.3 Å². The van der Waals surface area contributed by atoms with Gasteiger partial charge in [0, 0.05) is 36.6 Å². The predicted molar refractivity (Wildman–Crippen MR) is 123 cm³/mol.